The Kier molecular flexibility index (Phi) is 3.58. The van der Waals surface area contributed by atoms with E-state index in [9.17, 15) is 18.0 Å². The van der Waals surface area contributed by atoms with E-state index in [1.165, 1.54) is 28.6 Å². The molecule has 3 amide bonds. The average Bonchev–Trinajstić information content (AvgIpc) is 2.81. The number of carbonyl (C=O) groups excluding carboxylic acids is 2. The molecule has 2 aliphatic rings. The number of nitriles is 1. The van der Waals surface area contributed by atoms with Gasteiger partial charge in [-0.2, -0.15) is 9.57 Å². The zero-order valence-corrected chi connectivity index (χ0v) is 12.9. The summed E-state index contributed by atoms with van der Waals surface area (Å²) < 4.78 is 26.5. The predicted octanol–water partition coefficient (Wildman–Crippen LogP) is -0.0790. The van der Waals surface area contributed by atoms with Gasteiger partial charge >= 0.3 is 6.03 Å². The Bertz CT molecular complexity index is 802. The largest absolute Gasteiger partial charge is 0.323 e. The molecule has 2 fully saturated rings. The van der Waals surface area contributed by atoms with Crippen LogP contribution in [0.15, 0.2) is 29.2 Å². The van der Waals surface area contributed by atoms with Crippen molar-refractivity contribution in [3.05, 3.63) is 29.8 Å². The van der Waals surface area contributed by atoms with Gasteiger partial charge in [-0.25, -0.2) is 13.2 Å². The number of amides is 3. The van der Waals surface area contributed by atoms with Crippen LogP contribution in [0.1, 0.15) is 18.4 Å². The molecule has 1 aromatic carbocycles. The van der Waals surface area contributed by atoms with E-state index in [0.29, 0.717) is 5.56 Å². The lowest BCUT2D eigenvalue weighted by molar-refractivity contribution is -0.125. The molecule has 2 saturated heterocycles. The highest BCUT2D eigenvalue weighted by Crippen LogP contribution is 2.29. The number of benzene rings is 1. The van der Waals surface area contributed by atoms with Crippen molar-refractivity contribution in [2.24, 2.45) is 0 Å². The molecule has 0 saturated carbocycles. The molecule has 8 nitrogen and oxygen atoms in total. The molecule has 120 valence electrons. The number of nitrogens with zero attached hydrogens (tertiary/aromatic N) is 2. The standard InChI is InChI=1S/C14H14N4O4S/c15-9-10-1-3-11(4-2-10)23(21,22)18-7-5-14(6-8-18)12(19)16-13(20)17-14/h1-4H,5-8H2,(H2,16,17,19,20). The first-order valence-corrected chi connectivity index (χ1v) is 8.45. The van der Waals surface area contributed by atoms with Crippen LogP contribution in [0, 0.1) is 11.3 Å². The highest BCUT2D eigenvalue weighted by Gasteiger charge is 2.49. The summed E-state index contributed by atoms with van der Waals surface area (Å²) in [6, 6.07) is 7.07. The van der Waals surface area contributed by atoms with Gasteiger partial charge in [0.05, 0.1) is 16.5 Å². The van der Waals surface area contributed by atoms with E-state index >= 15 is 0 Å². The van der Waals surface area contributed by atoms with Gasteiger partial charge < -0.3 is 5.32 Å². The molecule has 0 radical (unpaired) electrons. The molecule has 3 rings (SSSR count). The second-order valence-corrected chi connectivity index (χ2v) is 7.47. The first-order valence-electron chi connectivity index (χ1n) is 7.01. The van der Waals surface area contributed by atoms with Crippen LogP contribution < -0.4 is 10.6 Å². The van der Waals surface area contributed by atoms with Gasteiger partial charge in [0.1, 0.15) is 5.54 Å². The average molecular weight is 334 g/mol. The van der Waals surface area contributed by atoms with Crippen LogP contribution in [0.25, 0.3) is 0 Å². The summed E-state index contributed by atoms with van der Waals surface area (Å²) in [5, 5.41) is 13.5. The van der Waals surface area contributed by atoms with Crippen LogP contribution in [0.4, 0.5) is 4.79 Å². The maximum atomic E-state index is 12.6. The van der Waals surface area contributed by atoms with Gasteiger partial charge in [0.15, 0.2) is 0 Å². The van der Waals surface area contributed by atoms with Crippen molar-refractivity contribution in [3.63, 3.8) is 0 Å². The van der Waals surface area contributed by atoms with Crippen molar-refractivity contribution in [2.75, 3.05) is 13.1 Å². The third kappa shape index (κ3) is 2.56. The molecule has 2 aliphatic heterocycles. The number of piperidine rings is 1. The SMILES string of the molecule is N#Cc1ccc(S(=O)(=O)N2CCC3(CC2)NC(=O)NC3=O)cc1. The fraction of sp³-hybridized carbons (Fsp3) is 0.357. The molecule has 0 unspecified atom stereocenters. The smallest absolute Gasteiger partial charge is 0.322 e. The Morgan fingerprint density at radius 1 is 1.13 bits per heavy atom. The van der Waals surface area contributed by atoms with Crippen molar-refractivity contribution >= 4 is 22.0 Å². The van der Waals surface area contributed by atoms with Crippen LogP contribution in [0.2, 0.25) is 0 Å². The van der Waals surface area contributed by atoms with Gasteiger partial charge in [0.2, 0.25) is 10.0 Å². The summed E-state index contributed by atoms with van der Waals surface area (Å²) >= 11 is 0. The van der Waals surface area contributed by atoms with Gasteiger partial charge in [-0.15, -0.1) is 0 Å². The lowest BCUT2D eigenvalue weighted by Crippen LogP contribution is -2.55. The zero-order chi connectivity index (χ0) is 16.7. The normalized spacial score (nSPS) is 20.8. The summed E-state index contributed by atoms with van der Waals surface area (Å²) in [7, 11) is -3.68. The molecular weight excluding hydrogens is 320 g/mol. The first kappa shape index (κ1) is 15.5. The summed E-state index contributed by atoms with van der Waals surface area (Å²) in [5.41, 5.74) is -0.625. The third-order valence-electron chi connectivity index (χ3n) is 4.21. The van der Waals surface area contributed by atoms with Crippen LogP contribution in [0.3, 0.4) is 0 Å². The van der Waals surface area contributed by atoms with Crippen LogP contribution in [-0.4, -0.2) is 43.3 Å². The van der Waals surface area contributed by atoms with Gasteiger partial charge in [-0.05, 0) is 37.1 Å². The molecular formula is C14H14N4O4S. The van der Waals surface area contributed by atoms with Gasteiger partial charge in [0, 0.05) is 13.1 Å². The summed E-state index contributed by atoms with van der Waals surface area (Å²) in [6.07, 6.45) is 0.445. The third-order valence-corrected chi connectivity index (χ3v) is 6.12. The van der Waals surface area contributed by atoms with Crippen LogP contribution in [-0.2, 0) is 14.8 Å². The van der Waals surface area contributed by atoms with Crippen LogP contribution in [0.5, 0.6) is 0 Å². The number of rotatable bonds is 2. The summed E-state index contributed by atoms with van der Waals surface area (Å²) in [4.78, 5) is 23.3. The van der Waals surface area contributed by atoms with E-state index in [1.807, 2.05) is 6.07 Å². The Hall–Kier alpha value is -2.44. The number of hydrogen-bond donors (Lipinski definition) is 2. The molecule has 0 aromatic heterocycles. The lowest BCUT2D eigenvalue weighted by Gasteiger charge is -2.36. The number of imide groups is 1. The molecule has 0 aliphatic carbocycles. The Labute approximate surface area is 133 Å². The maximum absolute atomic E-state index is 12.6. The summed E-state index contributed by atoms with van der Waals surface area (Å²) in [5.74, 6) is -0.405. The van der Waals surface area contributed by atoms with E-state index in [0.717, 1.165) is 0 Å². The van der Waals surface area contributed by atoms with E-state index in [1.54, 1.807) is 0 Å². The molecule has 9 heteroatoms. The molecule has 0 atom stereocenters. The molecule has 2 heterocycles. The van der Waals surface area contributed by atoms with E-state index in [4.69, 9.17) is 5.26 Å². The maximum Gasteiger partial charge on any atom is 0.322 e. The molecule has 23 heavy (non-hydrogen) atoms. The Morgan fingerprint density at radius 3 is 2.22 bits per heavy atom. The minimum atomic E-state index is -3.68. The second kappa shape index (κ2) is 5.33. The first-order chi connectivity index (χ1) is 10.9. The van der Waals surface area contributed by atoms with Crippen molar-refractivity contribution in [1.29, 1.82) is 5.26 Å². The van der Waals surface area contributed by atoms with E-state index < -0.39 is 27.5 Å². The highest BCUT2D eigenvalue weighted by molar-refractivity contribution is 7.89. The number of carbonyl (C=O) groups is 2. The second-order valence-electron chi connectivity index (χ2n) is 5.53. The Morgan fingerprint density at radius 2 is 1.74 bits per heavy atom. The minimum absolute atomic E-state index is 0.104. The van der Waals surface area contributed by atoms with Gasteiger partial charge in [-0.3, -0.25) is 10.1 Å². The highest BCUT2D eigenvalue weighted by atomic mass is 32.2. The van der Waals surface area contributed by atoms with Crippen molar-refractivity contribution in [1.82, 2.24) is 14.9 Å². The van der Waals surface area contributed by atoms with Gasteiger partial charge in [-0.1, -0.05) is 0 Å². The molecule has 1 aromatic rings. The monoisotopic (exact) mass is 334 g/mol. The van der Waals surface area contributed by atoms with Gasteiger partial charge in [0.25, 0.3) is 5.91 Å². The summed E-state index contributed by atoms with van der Waals surface area (Å²) in [6.45, 7) is 0.270. The Balaban J connectivity index is 1.77. The number of hydrogen-bond acceptors (Lipinski definition) is 5. The topological polar surface area (TPSA) is 119 Å². The van der Waals surface area contributed by atoms with Crippen molar-refractivity contribution < 1.29 is 18.0 Å². The number of sulfonamides is 1. The molecule has 1 spiro atoms. The lowest BCUT2D eigenvalue weighted by atomic mass is 9.89. The molecule has 0 bridgehead atoms. The molecule has 2 N–H and O–H groups in total. The van der Waals surface area contributed by atoms with E-state index in [2.05, 4.69) is 10.6 Å². The quantitative estimate of drug-likeness (QED) is 0.733. The fourth-order valence-corrected chi connectivity index (χ4v) is 4.28. The zero-order valence-electron chi connectivity index (χ0n) is 12.1. The number of nitrogens with one attached hydrogen (secondary N) is 2. The van der Waals surface area contributed by atoms with Crippen molar-refractivity contribution in [3.8, 4) is 6.07 Å². The predicted molar refractivity (Wildman–Crippen MR) is 78.6 cm³/mol. The van der Waals surface area contributed by atoms with Crippen LogP contribution >= 0.6 is 0 Å². The fourth-order valence-electron chi connectivity index (χ4n) is 2.84. The van der Waals surface area contributed by atoms with Crippen molar-refractivity contribution in [2.45, 2.75) is 23.3 Å². The minimum Gasteiger partial charge on any atom is -0.323 e. The number of urea groups is 1. The van der Waals surface area contributed by atoms with E-state index in [-0.39, 0.29) is 30.8 Å².